The Kier molecular flexibility index (Phi) is 4.57. The van der Waals surface area contributed by atoms with E-state index in [1.54, 1.807) is 6.20 Å². The maximum Gasteiger partial charge on any atom is 0.283 e. The van der Waals surface area contributed by atoms with Crippen LogP contribution >= 0.6 is 15.9 Å². The molecule has 2 rings (SSSR count). The lowest BCUT2D eigenvalue weighted by Gasteiger charge is -2.24. The number of amides is 1. The number of rotatable bonds is 4. The predicted octanol–water partition coefficient (Wildman–Crippen LogP) is 1.11. The molecule has 1 aliphatic rings. The highest BCUT2D eigenvalue weighted by molar-refractivity contribution is 9.10. The van der Waals surface area contributed by atoms with Gasteiger partial charge in [-0.3, -0.25) is 9.59 Å². The lowest BCUT2D eigenvalue weighted by atomic mass is 10.1. The fourth-order valence-corrected chi connectivity index (χ4v) is 2.43. The molecule has 6 nitrogen and oxygen atoms in total. The van der Waals surface area contributed by atoms with Crippen molar-refractivity contribution in [2.45, 2.75) is 38.8 Å². The quantitative estimate of drug-likeness (QED) is 0.868. The van der Waals surface area contributed by atoms with Crippen molar-refractivity contribution in [1.82, 2.24) is 15.1 Å². The average molecular weight is 329 g/mol. The number of nitrogens with one attached hydrogen (secondary N) is 2. The van der Waals surface area contributed by atoms with Crippen molar-refractivity contribution in [1.29, 1.82) is 0 Å². The molecule has 0 bridgehead atoms. The molecule has 0 spiro atoms. The second-order valence-electron chi connectivity index (χ2n) is 4.58. The molecule has 0 radical (unpaired) electrons. The molecule has 2 N–H and O–H groups in total. The van der Waals surface area contributed by atoms with Gasteiger partial charge in [0.1, 0.15) is 4.47 Å². The summed E-state index contributed by atoms with van der Waals surface area (Å²) in [6.45, 7) is 3.18. The van der Waals surface area contributed by atoms with Crippen LogP contribution in [0, 0.1) is 0 Å². The van der Waals surface area contributed by atoms with E-state index in [9.17, 15) is 9.59 Å². The van der Waals surface area contributed by atoms with Gasteiger partial charge in [-0.1, -0.05) is 6.92 Å². The van der Waals surface area contributed by atoms with Gasteiger partial charge >= 0.3 is 0 Å². The van der Waals surface area contributed by atoms with Gasteiger partial charge in [0.2, 0.25) is 5.91 Å². The number of aryl methyl sites for hydroxylation is 1. The van der Waals surface area contributed by atoms with E-state index in [-0.39, 0.29) is 17.5 Å². The van der Waals surface area contributed by atoms with Gasteiger partial charge in [-0.05, 0) is 28.8 Å². The van der Waals surface area contributed by atoms with Crippen LogP contribution in [0.1, 0.15) is 26.2 Å². The molecule has 1 aliphatic heterocycles. The molecule has 7 heteroatoms. The highest BCUT2D eigenvalue weighted by Gasteiger charge is 2.19. The number of carbonyl (C=O) groups is 1. The van der Waals surface area contributed by atoms with Gasteiger partial charge in [0.05, 0.1) is 11.9 Å². The van der Waals surface area contributed by atoms with E-state index in [0.717, 1.165) is 12.8 Å². The molecule has 1 aromatic rings. The first kappa shape index (κ1) is 14.0. The molecule has 0 aromatic carbocycles. The van der Waals surface area contributed by atoms with Crippen LogP contribution in [0.2, 0.25) is 0 Å². The van der Waals surface area contributed by atoms with Crippen molar-refractivity contribution in [3.05, 3.63) is 21.0 Å². The van der Waals surface area contributed by atoms with Gasteiger partial charge < -0.3 is 10.6 Å². The summed E-state index contributed by atoms with van der Waals surface area (Å²) in [6, 6.07) is 0.136. The normalized spacial score (nSPS) is 19.1. The van der Waals surface area contributed by atoms with Gasteiger partial charge in [-0.15, -0.1) is 0 Å². The molecule has 1 aromatic heterocycles. The summed E-state index contributed by atoms with van der Waals surface area (Å²) in [5.41, 5.74) is 0.546. The van der Waals surface area contributed by atoms with E-state index in [0.29, 0.717) is 29.7 Å². The summed E-state index contributed by atoms with van der Waals surface area (Å²) in [5, 5.41) is 10.2. The summed E-state index contributed by atoms with van der Waals surface area (Å²) < 4.78 is 1.94. The number of anilines is 1. The molecule has 0 saturated carbocycles. The first-order chi connectivity index (χ1) is 9.11. The number of piperidine rings is 1. The molecular formula is C12H17BrN4O2. The molecular weight excluding hydrogens is 312 g/mol. The van der Waals surface area contributed by atoms with Crippen molar-refractivity contribution in [2.75, 3.05) is 11.9 Å². The van der Waals surface area contributed by atoms with E-state index >= 15 is 0 Å². The fourth-order valence-electron chi connectivity index (χ4n) is 2.01. The Hall–Kier alpha value is -1.37. The van der Waals surface area contributed by atoms with Crippen LogP contribution in [-0.4, -0.2) is 28.3 Å². The van der Waals surface area contributed by atoms with E-state index in [1.165, 1.54) is 4.68 Å². The lowest BCUT2D eigenvalue weighted by molar-refractivity contribution is -0.122. The molecule has 2 heterocycles. The third kappa shape index (κ3) is 3.34. The first-order valence-electron chi connectivity index (χ1n) is 6.40. The Balaban J connectivity index is 2.11. The van der Waals surface area contributed by atoms with Gasteiger partial charge in [-0.25, -0.2) is 4.68 Å². The van der Waals surface area contributed by atoms with Crippen LogP contribution in [0.4, 0.5) is 5.69 Å². The van der Waals surface area contributed by atoms with Crippen LogP contribution in [0.5, 0.6) is 0 Å². The summed E-state index contributed by atoms with van der Waals surface area (Å²) in [5.74, 6) is 0.0774. The van der Waals surface area contributed by atoms with E-state index in [4.69, 9.17) is 0 Å². The summed E-state index contributed by atoms with van der Waals surface area (Å²) >= 11 is 3.32. The maximum atomic E-state index is 12.0. The molecule has 1 atom stereocenters. The second-order valence-corrected chi connectivity index (χ2v) is 5.38. The first-order valence-corrected chi connectivity index (χ1v) is 7.20. The Morgan fingerprint density at radius 2 is 2.37 bits per heavy atom. The zero-order chi connectivity index (χ0) is 13.8. The molecule has 0 aliphatic carbocycles. The smallest absolute Gasteiger partial charge is 0.283 e. The summed E-state index contributed by atoms with van der Waals surface area (Å²) in [7, 11) is 0. The van der Waals surface area contributed by atoms with Crippen LogP contribution in [0.25, 0.3) is 0 Å². The SMILES string of the molecule is CCCn1ncc(NC2CCC(=O)NC2)c(Br)c1=O. The summed E-state index contributed by atoms with van der Waals surface area (Å²) in [6.07, 6.45) is 3.78. The van der Waals surface area contributed by atoms with E-state index in [2.05, 4.69) is 31.7 Å². The Morgan fingerprint density at radius 3 is 3.00 bits per heavy atom. The largest absolute Gasteiger partial charge is 0.378 e. The number of aromatic nitrogens is 2. The predicted molar refractivity (Wildman–Crippen MR) is 76.1 cm³/mol. The molecule has 1 fully saturated rings. The van der Waals surface area contributed by atoms with E-state index < -0.39 is 0 Å². The Morgan fingerprint density at radius 1 is 1.58 bits per heavy atom. The summed E-state index contributed by atoms with van der Waals surface area (Å²) in [4.78, 5) is 23.1. The van der Waals surface area contributed by atoms with Crippen LogP contribution in [0.15, 0.2) is 15.5 Å². The van der Waals surface area contributed by atoms with Crippen molar-refractivity contribution >= 4 is 27.5 Å². The van der Waals surface area contributed by atoms with Crippen molar-refractivity contribution in [2.24, 2.45) is 0 Å². The minimum absolute atomic E-state index is 0.0774. The van der Waals surface area contributed by atoms with Gasteiger partial charge in [0.15, 0.2) is 0 Å². The molecule has 1 unspecified atom stereocenters. The zero-order valence-electron chi connectivity index (χ0n) is 10.8. The topological polar surface area (TPSA) is 76.0 Å². The number of halogens is 1. The van der Waals surface area contributed by atoms with Crippen molar-refractivity contribution < 1.29 is 4.79 Å². The van der Waals surface area contributed by atoms with Crippen LogP contribution < -0.4 is 16.2 Å². The highest BCUT2D eigenvalue weighted by atomic mass is 79.9. The standard InChI is InChI=1S/C12H17BrN4O2/c1-2-5-17-12(19)11(13)9(7-15-17)16-8-3-4-10(18)14-6-8/h7-8,16H,2-6H2,1H3,(H,14,18). The molecule has 104 valence electrons. The number of hydrogen-bond donors (Lipinski definition) is 2. The van der Waals surface area contributed by atoms with Crippen molar-refractivity contribution in [3.63, 3.8) is 0 Å². The highest BCUT2D eigenvalue weighted by Crippen LogP contribution is 2.19. The van der Waals surface area contributed by atoms with Crippen LogP contribution in [-0.2, 0) is 11.3 Å². The molecule has 1 saturated heterocycles. The van der Waals surface area contributed by atoms with Gasteiger partial charge in [0.25, 0.3) is 5.56 Å². The molecule has 1 amide bonds. The maximum absolute atomic E-state index is 12.0. The third-order valence-electron chi connectivity index (χ3n) is 3.05. The van der Waals surface area contributed by atoms with E-state index in [1.807, 2.05) is 6.92 Å². The fraction of sp³-hybridized carbons (Fsp3) is 0.583. The Bertz CT molecular complexity index is 519. The monoisotopic (exact) mass is 328 g/mol. The number of carbonyl (C=O) groups excluding carboxylic acids is 1. The lowest BCUT2D eigenvalue weighted by Crippen LogP contribution is -2.42. The Labute approximate surface area is 119 Å². The van der Waals surface area contributed by atoms with Crippen LogP contribution in [0.3, 0.4) is 0 Å². The number of hydrogen-bond acceptors (Lipinski definition) is 4. The minimum Gasteiger partial charge on any atom is -0.378 e. The van der Waals surface area contributed by atoms with Gasteiger partial charge in [-0.2, -0.15) is 5.10 Å². The number of nitrogens with zero attached hydrogens (tertiary/aromatic N) is 2. The minimum atomic E-state index is -0.133. The zero-order valence-corrected chi connectivity index (χ0v) is 12.4. The second kappa shape index (κ2) is 6.18. The van der Waals surface area contributed by atoms with Crippen molar-refractivity contribution in [3.8, 4) is 0 Å². The van der Waals surface area contributed by atoms with Gasteiger partial charge in [0, 0.05) is 25.6 Å². The molecule has 19 heavy (non-hydrogen) atoms. The average Bonchev–Trinajstić information content (AvgIpc) is 2.41. The third-order valence-corrected chi connectivity index (χ3v) is 3.81.